The lowest BCUT2D eigenvalue weighted by Crippen LogP contribution is -2.26. The molecule has 0 amide bonds. The Morgan fingerprint density at radius 3 is 1.77 bits per heavy atom. The molecule has 0 aliphatic carbocycles. The number of ketones is 1. The maximum Gasteiger partial charge on any atom is 0.262 e. The first kappa shape index (κ1) is 23.9. The Kier molecular flexibility index (Phi) is 7.64. The van der Waals surface area contributed by atoms with Crippen molar-refractivity contribution < 1.29 is 13.2 Å². The molecule has 0 fully saturated rings. The molecular weight excluding hydrogens is 394 g/mol. The fourth-order valence-electron chi connectivity index (χ4n) is 3.39. The average molecular weight is 428 g/mol. The maximum atomic E-state index is 13.7. The first-order valence-electron chi connectivity index (χ1n) is 10.4. The van der Waals surface area contributed by atoms with E-state index >= 15 is 0 Å². The lowest BCUT2D eigenvalue weighted by Gasteiger charge is -2.23. The van der Waals surface area contributed by atoms with Gasteiger partial charge in [0.25, 0.3) is 10.0 Å². The minimum Gasteiger partial charge on any atom is -0.295 e. The van der Waals surface area contributed by atoms with E-state index < -0.39 is 10.0 Å². The highest BCUT2D eigenvalue weighted by molar-refractivity contribution is 7.90. The number of sulfonamides is 1. The van der Waals surface area contributed by atoms with Crippen molar-refractivity contribution >= 4 is 21.5 Å². The number of nitrogens with one attached hydrogen (secondary N) is 1. The third-order valence-corrected chi connectivity index (χ3v) is 6.52. The van der Waals surface area contributed by atoms with Gasteiger partial charge in [-0.3, -0.25) is 9.52 Å². The van der Waals surface area contributed by atoms with Crippen LogP contribution in [-0.2, 0) is 14.8 Å². The third-order valence-electron chi connectivity index (χ3n) is 5.02. The van der Waals surface area contributed by atoms with Crippen LogP contribution >= 0.6 is 0 Å². The SMILES string of the molecule is CC(=O)/C=C(/NS(=O)(=O)c1c(C(C)C)cc(C(C)C)cc1C(C)C)c1ccccc1. The molecule has 2 rings (SSSR count). The molecule has 0 heterocycles. The fourth-order valence-corrected chi connectivity index (χ4v) is 5.17. The van der Waals surface area contributed by atoms with E-state index in [1.54, 1.807) is 12.1 Å². The average Bonchev–Trinajstić information content (AvgIpc) is 2.66. The lowest BCUT2D eigenvalue weighted by molar-refractivity contribution is -0.112. The van der Waals surface area contributed by atoms with Gasteiger partial charge in [-0.15, -0.1) is 0 Å². The van der Waals surface area contributed by atoms with Crippen LogP contribution < -0.4 is 4.72 Å². The summed E-state index contributed by atoms with van der Waals surface area (Å²) in [5.74, 6) is 0.136. The summed E-state index contributed by atoms with van der Waals surface area (Å²) in [6, 6.07) is 13.1. The van der Waals surface area contributed by atoms with Crippen LogP contribution in [0.15, 0.2) is 53.4 Å². The zero-order valence-corrected chi connectivity index (χ0v) is 19.8. The second kappa shape index (κ2) is 9.61. The highest BCUT2D eigenvalue weighted by atomic mass is 32.2. The third kappa shape index (κ3) is 5.60. The van der Waals surface area contributed by atoms with Crippen molar-refractivity contribution in [3.63, 3.8) is 0 Å². The largest absolute Gasteiger partial charge is 0.295 e. The number of carbonyl (C=O) groups excluding carboxylic acids is 1. The molecular formula is C25H33NO3S. The first-order valence-corrected chi connectivity index (χ1v) is 11.9. The predicted molar refractivity (Wildman–Crippen MR) is 124 cm³/mol. The van der Waals surface area contributed by atoms with Gasteiger partial charge in [0.1, 0.15) is 0 Å². The minimum atomic E-state index is -3.92. The fraction of sp³-hybridized carbons (Fsp3) is 0.400. The molecule has 0 spiro atoms. The van der Waals surface area contributed by atoms with Crippen LogP contribution in [0.5, 0.6) is 0 Å². The zero-order chi connectivity index (χ0) is 22.6. The van der Waals surface area contributed by atoms with Gasteiger partial charge in [0.05, 0.1) is 10.6 Å². The van der Waals surface area contributed by atoms with Crippen LogP contribution in [0, 0.1) is 0 Å². The number of carbonyl (C=O) groups is 1. The van der Waals surface area contributed by atoms with Gasteiger partial charge >= 0.3 is 0 Å². The van der Waals surface area contributed by atoms with Crippen LogP contribution in [0.3, 0.4) is 0 Å². The number of benzene rings is 2. The Balaban J connectivity index is 2.72. The topological polar surface area (TPSA) is 63.2 Å². The summed E-state index contributed by atoms with van der Waals surface area (Å²) >= 11 is 0. The van der Waals surface area contributed by atoms with E-state index in [9.17, 15) is 13.2 Å². The van der Waals surface area contributed by atoms with E-state index in [0.717, 1.165) is 16.7 Å². The van der Waals surface area contributed by atoms with Crippen molar-refractivity contribution in [3.05, 3.63) is 70.8 Å². The Hall–Kier alpha value is -2.40. The molecule has 0 saturated heterocycles. The van der Waals surface area contributed by atoms with Gasteiger partial charge in [-0.25, -0.2) is 8.42 Å². The molecule has 0 unspecified atom stereocenters. The standard InChI is InChI=1S/C25H33NO3S/c1-16(2)21-14-22(17(3)4)25(23(15-21)18(5)6)30(28,29)26-24(13-19(7)27)20-11-9-8-10-12-20/h8-18,26H,1-7H3/b24-13+. The summed E-state index contributed by atoms with van der Waals surface area (Å²) in [4.78, 5) is 12.1. The van der Waals surface area contributed by atoms with Gasteiger partial charge < -0.3 is 0 Å². The summed E-state index contributed by atoms with van der Waals surface area (Å²) in [6.07, 6.45) is 1.33. The second-order valence-corrected chi connectivity index (χ2v) is 10.3. The van der Waals surface area contributed by atoms with Crippen molar-refractivity contribution in [3.8, 4) is 0 Å². The predicted octanol–water partition coefficient (Wildman–Crippen LogP) is 5.97. The summed E-state index contributed by atoms with van der Waals surface area (Å²) < 4.78 is 30.0. The summed E-state index contributed by atoms with van der Waals surface area (Å²) in [5, 5.41) is 0. The van der Waals surface area contributed by atoms with E-state index in [1.165, 1.54) is 13.0 Å². The molecule has 0 aliphatic heterocycles. The Bertz CT molecular complexity index is 1000. The Morgan fingerprint density at radius 2 is 1.37 bits per heavy atom. The number of hydrogen-bond donors (Lipinski definition) is 1. The molecule has 1 N–H and O–H groups in total. The molecule has 162 valence electrons. The van der Waals surface area contributed by atoms with Gasteiger partial charge in [0.15, 0.2) is 5.78 Å². The number of rotatable bonds is 8. The monoisotopic (exact) mass is 427 g/mol. The Labute approximate surface area is 181 Å². The smallest absolute Gasteiger partial charge is 0.262 e. The van der Waals surface area contributed by atoms with Crippen LogP contribution in [0.2, 0.25) is 0 Å². The summed E-state index contributed by atoms with van der Waals surface area (Å²) in [7, 11) is -3.92. The molecule has 2 aromatic carbocycles. The first-order chi connectivity index (χ1) is 13.9. The lowest BCUT2D eigenvalue weighted by atomic mass is 9.89. The quantitative estimate of drug-likeness (QED) is 0.528. The molecule has 0 aromatic heterocycles. The summed E-state index contributed by atoms with van der Waals surface area (Å²) in [6.45, 7) is 13.7. The van der Waals surface area contributed by atoms with Gasteiger partial charge in [-0.2, -0.15) is 0 Å². The molecule has 0 aliphatic rings. The van der Waals surface area contributed by atoms with Crippen molar-refractivity contribution in [1.82, 2.24) is 4.72 Å². The number of allylic oxidation sites excluding steroid dienone is 1. The van der Waals surface area contributed by atoms with Crippen LogP contribution in [0.25, 0.3) is 5.70 Å². The highest BCUT2D eigenvalue weighted by Crippen LogP contribution is 2.35. The van der Waals surface area contributed by atoms with E-state index in [-0.39, 0.29) is 23.3 Å². The highest BCUT2D eigenvalue weighted by Gasteiger charge is 2.28. The van der Waals surface area contributed by atoms with Crippen LogP contribution in [0.1, 0.15) is 88.5 Å². The second-order valence-electron chi connectivity index (χ2n) is 8.63. The molecule has 0 radical (unpaired) electrons. The maximum absolute atomic E-state index is 13.7. The van der Waals surface area contributed by atoms with E-state index in [4.69, 9.17) is 0 Å². The van der Waals surface area contributed by atoms with Gasteiger partial charge in [0.2, 0.25) is 0 Å². The van der Waals surface area contributed by atoms with Crippen LogP contribution in [0.4, 0.5) is 0 Å². The molecule has 2 aromatic rings. The number of hydrogen-bond acceptors (Lipinski definition) is 3. The Morgan fingerprint density at radius 1 is 0.867 bits per heavy atom. The van der Waals surface area contributed by atoms with Crippen molar-refractivity contribution in [1.29, 1.82) is 0 Å². The minimum absolute atomic E-state index is 0.0322. The van der Waals surface area contributed by atoms with Gasteiger partial charge in [-0.05, 0) is 46.9 Å². The van der Waals surface area contributed by atoms with Crippen LogP contribution in [-0.4, -0.2) is 14.2 Å². The molecule has 5 heteroatoms. The van der Waals surface area contributed by atoms with Gasteiger partial charge in [0, 0.05) is 6.08 Å². The van der Waals surface area contributed by atoms with Gasteiger partial charge in [-0.1, -0.05) is 84.0 Å². The molecule has 0 atom stereocenters. The normalized spacial score (nSPS) is 12.7. The van der Waals surface area contributed by atoms with E-state index in [0.29, 0.717) is 16.4 Å². The van der Waals surface area contributed by atoms with E-state index in [1.807, 2.05) is 58.0 Å². The van der Waals surface area contributed by atoms with Crippen molar-refractivity contribution in [2.24, 2.45) is 0 Å². The molecule has 0 bridgehead atoms. The molecule has 4 nitrogen and oxygen atoms in total. The summed E-state index contributed by atoms with van der Waals surface area (Å²) in [5.41, 5.74) is 3.65. The van der Waals surface area contributed by atoms with Crippen molar-refractivity contribution in [2.45, 2.75) is 71.1 Å². The zero-order valence-electron chi connectivity index (χ0n) is 19.0. The van der Waals surface area contributed by atoms with E-state index in [2.05, 4.69) is 18.6 Å². The molecule has 30 heavy (non-hydrogen) atoms. The molecule has 0 saturated carbocycles. The van der Waals surface area contributed by atoms with Crippen molar-refractivity contribution in [2.75, 3.05) is 0 Å².